The molecule has 7 rings (SSSR count). The summed E-state index contributed by atoms with van der Waals surface area (Å²) in [4.78, 5) is 40.7. The quantitative estimate of drug-likeness (QED) is 0.345. The van der Waals surface area contributed by atoms with Gasteiger partial charge in [0.15, 0.2) is 0 Å². The number of amides is 1. The second-order valence-corrected chi connectivity index (χ2v) is 11.3. The zero-order valence-corrected chi connectivity index (χ0v) is 22.9. The van der Waals surface area contributed by atoms with Crippen molar-refractivity contribution >= 4 is 34.5 Å². The molecule has 3 fully saturated rings. The van der Waals surface area contributed by atoms with Crippen LogP contribution in [0.25, 0.3) is 22.3 Å². The van der Waals surface area contributed by atoms with Crippen LogP contribution in [0.3, 0.4) is 0 Å². The van der Waals surface area contributed by atoms with Crippen LogP contribution >= 0.6 is 0 Å². The number of hydrogen-bond donors (Lipinski definition) is 2. The molecule has 4 heterocycles. The molecule has 0 radical (unpaired) electrons. The van der Waals surface area contributed by atoms with E-state index in [4.69, 9.17) is 4.98 Å². The molecule has 10 nitrogen and oxygen atoms in total. The summed E-state index contributed by atoms with van der Waals surface area (Å²) in [5, 5.41) is 3.34. The molecular weight excluding hydrogens is 502 g/mol. The molecule has 1 aromatic carbocycles. The van der Waals surface area contributed by atoms with Crippen LogP contribution in [0.1, 0.15) is 37.7 Å². The Balaban J connectivity index is 1.01. The van der Waals surface area contributed by atoms with Crippen molar-refractivity contribution in [2.75, 3.05) is 43.4 Å². The molecule has 2 saturated carbocycles. The fourth-order valence-electron chi connectivity index (χ4n) is 5.62. The molecule has 4 aromatic rings. The first-order valence-electron chi connectivity index (χ1n) is 14.4. The number of hydrogen-bond acceptors (Lipinski definition) is 8. The van der Waals surface area contributed by atoms with Crippen molar-refractivity contribution in [2.24, 2.45) is 5.92 Å². The second kappa shape index (κ2) is 10.5. The standard InChI is InChI=1S/C30H35N9O/c1-37(23-3-2-4-23)28-17-25(32-19-33-28)22-7-8-24-26(16-22)35-30(34-24)36-27-15-20(9-10-31-27)18-38-11-13-39(14-12-38)29(40)21-5-6-21/h7-10,15-17,19,21,23H,2-6,11-14,18H2,1H3,(H2,31,34,35,36). The van der Waals surface area contributed by atoms with E-state index in [0.717, 1.165) is 79.5 Å². The molecular formula is C30H35N9O. The highest BCUT2D eigenvalue weighted by atomic mass is 16.2. The highest BCUT2D eigenvalue weighted by molar-refractivity contribution is 5.83. The Labute approximate surface area is 233 Å². The van der Waals surface area contributed by atoms with Gasteiger partial charge < -0.3 is 20.1 Å². The molecule has 3 aromatic heterocycles. The van der Waals surface area contributed by atoms with Gasteiger partial charge in [0.05, 0.1) is 16.7 Å². The van der Waals surface area contributed by atoms with Crippen LogP contribution in [-0.2, 0) is 11.3 Å². The van der Waals surface area contributed by atoms with E-state index in [1.807, 2.05) is 17.2 Å². The van der Waals surface area contributed by atoms with Crippen molar-refractivity contribution in [2.45, 2.75) is 44.7 Å². The normalized spacial score (nSPS) is 18.1. The van der Waals surface area contributed by atoms with Crippen molar-refractivity contribution in [3.8, 4) is 11.3 Å². The lowest BCUT2D eigenvalue weighted by Gasteiger charge is -2.35. The average Bonchev–Trinajstić information content (AvgIpc) is 3.72. The van der Waals surface area contributed by atoms with E-state index in [1.165, 1.54) is 24.8 Å². The summed E-state index contributed by atoms with van der Waals surface area (Å²) in [6, 6.07) is 12.9. The Morgan fingerprint density at radius 1 is 1.02 bits per heavy atom. The predicted molar refractivity (Wildman–Crippen MR) is 155 cm³/mol. The number of imidazole rings is 1. The monoisotopic (exact) mass is 537 g/mol. The molecule has 1 saturated heterocycles. The Hall–Kier alpha value is -4.05. The molecule has 0 bridgehead atoms. The Bertz CT molecular complexity index is 1520. The van der Waals surface area contributed by atoms with E-state index >= 15 is 0 Å². The molecule has 3 aliphatic rings. The Morgan fingerprint density at radius 2 is 1.88 bits per heavy atom. The number of piperazine rings is 1. The topological polar surface area (TPSA) is 106 Å². The Morgan fingerprint density at radius 3 is 2.65 bits per heavy atom. The van der Waals surface area contributed by atoms with E-state index in [9.17, 15) is 4.79 Å². The first-order valence-corrected chi connectivity index (χ1v) is 14.4. The molecule has 1 aliphatic heterocycles. The number of pyridine rings is 1. The zero-order valence-electron chi connectivity index (χ0n) is 22.9. The molecule has 2 N–H and O–H groups in total. The molecule has 0 atom stereocenters. The number of anilines is 3. The summed E-state index contributed by atoms with van der Waals surface area (Å²) >= 11 is 0. The third kappa shape index (κ3) is 5.23. The number of aromatic nitrogens is 5. The van der Waals surface area contributed by atoms with Crippen molar-refractivity contribution in [3.05, 3.63) is 54.5 Å². The SMILES string of the molecule is CN(c1cc(-c2ccc3nc(Nc4cc(CN5CCN(C(=O)C6CC6)CC5)ccn4)[nH]c3c2)ncn1)C1CCC1. The number of nitrogens with one attached hydrogen (secondary N) is 2. The van der Waals surface area contributed by atoms with E-state index < -0.39 is 0 Å². The van der Waals surface area contributed by atoms with Crippen LogP contribution in [0, 0.1) is 5.92 Å². The average molecular weight is 538 g/mol. The van der Waals surface area contributed by atoms with Crippen molar-refractivity contribution in [3.63, 3.8) is 0 Å². The van der Waals surface area contributed by atoms with Crippen LogP contribution in [0.4, 0.5) is 17.6 Å². The summed E-state index contributed by atoms with van der Waals surface area (Å²) in [6.45, 7) is 4.28. The van der Waals surface area contributed by atoms with Crippen molar-refractivity contribution in [1.82, 2.24) is 34.7 Å². The van der Waals surface area contributed by atoms with Gasteiger partial charge >= 0.3 is 0 Å². The van der Waals surface area contributed by atoms with Crippen molar-refractivity contribution < 1.29 is 4.79 Å². The maximum absolute atomic E-state index is 12.3. The van der Waals surface area contributed by atoms with E-state index in [0.29, 0.717) is 23.8 Å². The number of nitrogens with zero attached hydrogens (tertiary/aromatic N) is 7. The highest BCUT2D eigenvalue weighted by Gasteiger charge is 2.34. The first-order chi connectivity index (χ1) is 19.6. The van der Waals surface area contributed by atoms with Gasteiger partial charge in [-0.05, 0) is 61.9 Å². The lowest BCUT2D eigenvalue weighted by Crippen LogP contribution is -2.48. The van der Waals surface area contributed by atoms with E-state index in [-0.39, 0.29) is 0 Å². The number of carbonyl (C=O) groups excluding carboxylic acids is 1. The lowest BCUT2D eigenvalue weighted by molar-refractivity contribution is -0.134. The van der Waals surface area contributed by atoms with Gasteiger partial charge in [0.1, 0.15) is 18.0 Å². The van der Waals surface area contributed by atoms with Gasteiger partial charge in [-0.25, -0.2) is 19.9 Å². The molecule has 1 amide bonds. The van der Waals surface area contributed by atoms with Gasteiger partial charge in [-0.3, -0.25) is 9.69 Å². The number of aromatic amines is 1. The number of fused-ring (bicyclic) bond motifs is 1. The van der Waals surface area contributed by atoms with Crippen LogP contribution in [0.15, 0.2) is 48.9 Å². The third-order valence-electron chi connectivity index (χ3n) is 8.50. The first kappa shape index (κ1) is 25.0. The number of benzene rings is 1. The smallest absolute Gasteiger partial charge is 0.225 e. The summed E-state index contributed by atoms with van der Waals surface area (Å²) in [5.74, 6) is 3.01. The minimum absolute atomic E-state index is 0.300. The molecule has 0 unspecified atom stereocenters. The number of H-pyrrole nitrogens is 1. The van der Waals surface area contributed by atoms with E-state index in [2.05, 4.69) is 72.4 Å². The van der Waals surface area contributed by atoms with Gasteiger partial charge in [0.2, 0.25) is 11.9 Å². The van der Waals surface area contributed by atoms with Gasteiger partial charge in [0.25, 0.3) is 0 Å². The number of carbonyl (C=O) groups is 1. The third-order valence-corrected chi connectivity index (χ3v) is 8.50. The molecule has 40 heavy (non-hydrogen) atoms. The second-order valence-electron chi connectivity index (χ2n) is 11.3. The van der Waals surface area contributed by atoms with Gasteiger partial charge in [-0.2, -0.15) is 0 Å². The zero-order chi connectivity index (χ0) is 27.1. The van der Waals surface area contributed by atoms with Crippen LogP contribution in [0.5, 0.6) is 0 Å². The minimum Gasteiger partial charge on any atom is -0.357 e. The molecule has 10 heteroatoms. The summed E-state index contributed by atoms with van der Waals surface area (Å²) < 4.78 is 0. The summed E-state index contributed by atoms with van der Waals surface area (Å²) in [7, 11) is 2.12. The fourth-order valence-corrected chi connectivity index (χ4v) is 5.62. The predicted octanol–water partition coefficient (Wildman–Crippen LogP) is 4.20. The van der Waals surface area contributed by atoms with Crippen LogP contribution < -0.4 is 10.2 Å². The largest absolute Gasteiger partial charge is 0.357 e. The van der Waals surface area contributed by atoms with Gasteiger partial charge in [-0.15, -0.1) is 0 Å². The van der Waals surface area contributed by atoms with Gasteiger partial charge in [-0.1, -0.05) is 6.07 Å². The summed E-state index contributed by atoms with van der Waals surface area (Å²) in [6.07, 6.45) is 9.36. The Kier molecular flexibility index (Phi) is 6.55. The number of rotatable bonds is 8. The molecule has 206 valence electrons. The van der Waals surface area contributed by atoms with Gasteiger partial charge in [0, 0.05) is 69.6 Å². The maximum atomic E-state index is 12.3. The molecule has 2 aliphatic carbocycles. The summed E-state index contributed by atoms with van der Waals surface area (Å²) in [5.41, 5.74) is 4.91. The van der Waals surface area contributed by atoms with Crippen LogP contribution in [0.2, 0.25) is 0 Å². The van der Waals surface area contributed by atoms with Crippen molar-refractivity contribution in [1.29, 1.82) is 0 Å². The molecule has 0 spiro atoms. The van der Waals surface area contributed by atoms with E-state index in [1.54, 1.807) is 6.33 Å². The lowest BCUT2D eigenvalue weighted by atomic mass is 9.92. The highest BCUT2D eigenvalue weighted by Crippen LogP contribution is 2.32. The fraction of sp³-hybridized carbons (Fsp3) is 0.433. The van der Waals surface area contributed by atoms with Crippen LogP contribution in [-0.4, -0.2) is 79.9 Å². The minimum atomic E-state index is 0.300. The maximum Gasteiger partial charge on any atom is 0.225 e.